The fourth-order valence-corrected chi connectivity index (χ4v) is 3.19. The minimum absolute atomic E-state index is 0.0976. The van der Waals surface area contributed by atoms with Crippen LogP contribution in [0.5, 0.6) is 0 Å². The summed E-state index contributed by atoms with van der Waals surface area (Å²) in [5, 5.41) is 16.3. The summed E-state index contributed by atoms with van der Waals surface area (Å²) < 4.78 is 1.86. The van der Waals surface area contributed by atoms with Gasteiger partial charge in [-0.25, -0.2) is 4.98 Å². The molecule has 3 rings (SSSR count). The normalized spacial score (nSPS) is 10.5. The molecule has 1 amide bonds. The third-order valence-electron chi connectivity index (χ3n) is 4.59. The first kappa shape index (κ1) is 19.3. The van der Waals surface area contributed by atoms with Crippen LogP contribution in [0.1, 0.15) is 39.6 Å². The fraction of sp³-hybridized carbons (Fsp3) is 0.273. The molecule has 28 heavy (non-hydrogen) atoms. The summed E-state index contributed by atoms with van der Waals surface area (Å²) in [4.78, 5) is 16.8. The van der Waals surface area contributed by atoms with Gasteiger partial charge in [0, 0.05) is 18.7 Å². The van der Waals surface area contributed by atoms with Crippen LogP contribution in [-0.4, -0.2) is 27.2 Å². The second-order valence-corrected chi connectivity index (χ2v) is 6.76. The van der Waals surface area contributed by atoms with Crippen LogP contribution in [-0.2, 0) is 6.54 Å². The number of aromatic nitrogens is 3. The minimum atomic E-state index is -0.0976. The first-order chi connectivity index (χ1) is 13.5. The lowest BCUT2D eigenvalue weighted by atomic mass is 9.97. The molecule has 0 spiro atoms. The number of carbonyl (C=O) groups is 1. The second-order valence-electron chi connectivity index (χ2n) is 6.76. The molecule has 6 heteroatoms. The molecule has 0 unspecified atom stereocenters. The van der Waals surface area contributed by atoms with Crippen molar-refractivity contribution >= 4 is 5.91 Å². The monoisotopic (exact) mass is 373 g/mol. The molecule has 1 N–H and O–H groups in total. The lowest BCUT2D eigenvalue weighted by Crippen LogP contribution is -2.25. The highest BCUT2D eigenvalue weighted by Crippen LogP contribution is 2.25. The number of aryl methyl sites for hydroxylation is 4. The Morgan fingerprint density at radius 3 is 2.68 bits per heavy atom. The molecule has 6 nitrogen and oxygen atoms in total. The van der Waals surface area contributed by atoms with E-state index in [0.717, 1.165) is 41.3 Å². The maximum atomic E-state index is 12.5. The number of benzene rings is 2. The van der Waals surface area contributed by atoms with E-state index in [0.29, 0.717) is 17.7 Å². The van der Waals surface area contributed by atoms with E-state index in [1.54, 1.807) is 6.07 Å². The van der Waals surface area contributed by atoms with Gasteiger partial charge in [0.2, 0.25) is 0 Å². The second kappa shape index (κ2) is 8.49. The van der Waals surface area contributed by atoms with Crippen molar-refractivity contribution in [1.29, 1.82) is 5.26 Å². The summed E-state index contributed by atoms with van der Waals surface area (Å²) in [5.41, 5.74) is 4.24. The van der Waals surface area contributed by atoms with Crippen LogP contribution in [0.25, 0.3) is 11.1 Å². The molecule has 2 aromatic carbocycles. The van der Waals surface area contributed by atoms with E-state index in [-0.39, 0.29) is 5.91 Å². The molecular weight excluding hydrogens is 350 g/mol. The SMILES string of the molecule is Cc1nc(C)n(CCCNC(=O)c2cccc(-c3ccc(C#N)cc3C)c2)n1. The van der Waals surface area contributed by atoms with Crippen molar-refractivity contribution in [3.8, 4) is 17.2 Å². The zero-order valence-corrected chi connectivity index (χ0v) is 16.4. The molecule has 3 aromatic rings. The molecule has 0 radical (unpaired) electrons. The lowest BCUT2D eigenvalue weighted by molar-refractivity contribution is 0.0952. The standard InChI is InChI=1S/C22H23N5O/c1-15-12-18(14-23)8-9-21(15)19-6-4-7-20(13-19)22(28)24-10-5-11-27-17(3)25-16(2)26-27/h4,6-9,12-13H,5,10-11H2,1-3H3,(H,24,28). The van der Waals surface area contributed by atoms with Gasteiger partial charge in [-0.2, -0.15) is 10.4 Å². The van der Waals surface area contributed by atoms with Gasteiger partial charge in [-0.05, 0) is 68.1 Å². The number of carbonyl (C=O) groups excluding carboxylic acids is 1. The first-order valence-electron chi connectivity index (χ1n) is 9.25. The van der Waals surface area contributed by atoms with Crippen molar-refractivity contribution in [2.75, 3.05) is 6.54 Å². The van der Waals surface area contributed by atoms with Gasteiger partial charge in [0.05, 0.1) is 11.6 Å². The topological polar surface area (TPSA) is 83.6 Å². The predicted molar refractivity (Wildman–Crippen MR) is 108 cm³/mol. The summed E-state index contributed by atoms with van der Waals surface area (Å²) in [6.07, 6.45) is 0.782. The van der Waals surface area contributed by atoms with Crippen LogP contribution in [0.15, 0.2) is 42.5 Å². The number of nitriles is 1. The van der Waals surface area contributed by atoms with Gasteiger partial charge < -0.3 is 5.32 Å². The van der Waals surface area contributed by atoms with Gasteiger partial charge in [-0.3, -0.25) is 9.48 Å². The largest absolute Gasteiger partial charge is 0.352 e. The zero-order valence-electron chi connectivity index (χ0n) is 16.4. The average Bonchev–Trinajstić information content (AvgIpc) is 3.02. The number of nitrogens with one attached hydrogen (secondary N) is 1. The van der Waals surface area contributed by atoms with Crippen LogP contribution < -0.4 is 5.32 Å². The van der Waals surface area contributed by atoms with E-state index in [1.807, 2.05) is 61.9 Å². The van der Waals surface area contributed by atoms with E-state index < -0.39 is 0 Å². The maximum absolute atomic E-state index is 12.5. The van der Waals surface area contributed by atoms with Crippen molar-refractivity contribution in [2.45, 2.75) is 33.7 Å². The zero-order chi connectivity index (χ0) is 20.1. The molecule has 142 valence electrons. The Labute approximate surface area is 164 Å². The molecule has 0 aliphatic carbocycles. The van der Waals surface area contributed by atoms with E-state index in [2.05, 4.69) is 21.5 Å². The number of hydrogen-bond donors (Lipinski definition) is 1. The number of hydrogen-bond acceptors (Lipinski definition) is 4. The summed E-state index contributed by atoms with van der Waals surface area (Å²) >= 11 is 0. The minimum Gasteiger partial charge on any atom is -0.352 e. The summed E-state index contributed by atoms with van der Waals surface area (Å²) in [5.74, 6) is 1.55. The number of nitrogens with zero attached hydrogens (tertiary/aromatic N) is 4. The molecule has 0 aliphatic heterocycles. The van der Waals surface area contributed by atoms with Gasteiger partial charge in [-0.1, -0.05) is 18.2 Å². The smallest absolute Gasteiger partial charge is 0.251 e. The van der Waals surface area contributed by atoms with Gasteiger partial charge in [0.25, 0.3) is 5.91 Å². The van der Waals surface area contributed by atoms with Crippen molar-refractivity contribution in [3.05, 3.63) is 70.8 Å². The highest BCUT2D eigenvalue weighted by Gasteiger charge is 2.09. The Morgan fingerprint density at radius 2 is 2.00 bits per heavy atom. The van der Waals surface area contributed by atoms with Crippen LogP contribution in [0.4, 0.5) is 0 Å². The molecule has 0 aliphatic rings. The average molecular weight is 373 g/mol. The fourth-order valence-electron chi connectivity index (χ4n) is 3.19. The Balaban J connectivity index is 1.62. The molecular formula is C22H23N5O. The summed E-state index contributed by atoms with van der Waals surface area (Å²) in [6.45, 7) is 7.05. The molecule has 0 atom stereocenters. The summed E-state index contributed by atoms with van der Waals surface area (Å²) in [6, 6.07) is 15.3. The van der Waals surface area contributed by atoms with Gasteiger partial charge in [0.15, 0.2) is 0 Å². The van der Waals surface area contributed by atoms with Crippen molar-refractivity contribution in [2.24, 2.45) is 0 Å². The lowest BCUT2D eigenvalue weighted by Gasteiger charge is -2.10. The number of rotatable bonds is 6. The molecule has 0 saturated heterocycles. The van der Waals surface area contributed by atoms with Crippen LogP contribution in [0.3, 0.4) is 0 Å². The highest BCUT2D eigenvalue weighted by molar-refractivity contribution is 5.95. The Kier molecular flexibility index (Phi) is 5.85. The van der Waals surface area contributed by atoms with E-state index in [4.69, 9.17) is 5.26 Å². The van der Waals surface area contributed by atoms with Crippen LogP contribution in [0, 0.1) is 32.1 Å². The quantitative estimate of drug-likeness (QED) is 0.670. The molecule has 0 saturated carbocycles. The summed E-state index contributed by atoms with van der Waals surface area (Å²) in [7, 11) is 0. The highest BCUT2D eigenvalue weighted by atomic mass is 16.1. The predicted octanol–water partition coefficient (Wildman–Crippen LogP) is 3.56. The third-order valence-corrected chi connectivity index (χ3v) is 4.59. The Bertz CT molecular complexity index is 1050. The first-order valence-corrected chi connectivity index (χ1v) is 9.25. The Morgan fingerprint density at radius 1 is 1.18 bits per heavy atom. The molecule has 1 aromatic heterocycles. The molecule has 0 fully saturated rings. The van der Waals surface area contributed by atoms with Crippen molar-refractivity contribution in [1.82, 2.24) is 20.1 Å². The van der Waals surface area contributed by atoms with Gasteiger partial charge in [-0.15, -0.1) is 0 Å². The van der Waals surface area contributed by atoms with Crippen molar-refractivity contribution < 1.29 is 4.79 Å². The maximum Gasteiger partial charge on any atom is 0.251 e. The Hall–Kier alpha value is -3.46. The van der Waals surface area contributed by atoms with Crippen LogP contribution >= 0.6 is 0 Å². The van der Waals surface area contributed by atoms with E-state index in [9.17, 15) is 4.79 Å². The van der Waals surface area contributed by atoms with Crippen LogP contribution in [0.2, 0.25) is 0 Å². The van der Waals surface area contributed by atoms with Gasteiger partial charge >= 0.3 is 0 Å². The third kappa shape index (κ3) is 4.44. The van der Waals surface area contributed by atoms with Crippen molar-refractivity contribution in [3.63, 3.8) is 0 Å². The van der Waals surface area contributed by atoms with E-state index in [1.165, 1.54) is 0 Å². The molecule has 0 bridgehead atoms. The van der Waals surface area contributed by atoms with Gasteiger partial charge in [0.1, 0.15) is 11.6 Å². The number of amides is 1. The molecule has 1 heterocycles. The van der Waals surface area contributed by atoms with E-state index >= 15 is 0 Å².